The zero-order valence-corrected chi connectivity index (χ0v) is 11.2. The van der Waals surface area contributed by atoms with Crippen molar-refractivity contribution in [3.05, 3.63) is 20.3 Å². The first kappa shape index (κ1) is 12.7. The van der Waals surface area contributed by atoms with Crippen LogP contribution in [0.25, 0.3) is 0 Å². The summed E-state index contributed by atoms with van der Waals surface area (Å²) in [7, 11) is 1.93. The Kier molecular flexibility index (Phi) is 4.76. The number of hydrogen-bond donors (Lipinski definition) is 1. The minimum absolute atomic E-state index is 0.193. The predicted octanol–water partition coefficient (Wildman–Crippen LogP) is 2.73. The van der Waals surface area contributed by atoms with Gasteiger partial charge in [-0.1, -0.05) is 0 Å². The van der Waals surface area contributed by atoms with E-state index in [0.29, 0.717) is 6.54 Å². The van der Waals surface area contributed by atoms with Gasteiger partial charge in [0.25, 0.3) is 0 Å². The molecule has 0 saturated carbocycles. The molecule has 0 unspecified atom stereocenters. The number of carboxylic acid groups (broad SMARTS) is 1. The molecule has 0 aliphatic carbocycles. The highest BCUT2D eigenvalue weighted by molar-refractivity contribution is 9.10. The average Bonchev–Trinajstić information content (AvgIpc) is 2.42. The Labute approximate surface area is 102 Å². The molecule has 0 aliphatic heterocycles. The number of hydrogen-bond acceptors (Lipinski definition) is 3. The first-order valence-electron chi connectivity index (χ1n) is 4.64. The van der Waals surface area contributed by atoms with Gasteiger partial charge in [0.05, 0.1) is 6.42 Å². The topological polar surface area (TPSA) is 40.5 Å². The van der Waals surface area contributed by atoms with Gasteiger partial charge in [0.15, 0.2) is 0 Å². The summed E-state index contributed by atoms with van der Waals surface area (Å²) in [6, 6.07) is 2.09. The van der Waals surface area contributed by atoms with Crippen LogP contribution < -0.4 is 0 Å². The zero-order chi connectivity index (χ0) is 11.4. The van der Waals surface area contributed by atoms with Crippen LogP contribution in [-0.2, 0) is 11.3 Å². The van der Waals surface area contributed by atoms with Crippen molar-refractivity contribution in [1.82, 2.24) is 4.90 Å². The summed E-state index contributed by atoms with van der Waals surface area (Å²) in [5.41, 5.74) is 0. The summed E-state index contributed by atoms with van der Waals surface area (Å²) in [6.45, 7) is 3.45. The van der Waals surface area contributed by atoms with Crippen LogP contribution >= 0.6 is 27.3 Å². The second kappa shape index (κ2) is 5.63. The lowest BCUT2D eigenvalue weighted by Gasteiger charge is -2.14. The van der Waals surface area contributed by atoms with Crippen LogP contribution in [0.1, 0.15) is 16.2 Å². The molecule has 0 bridgehead atoms. The molecule has 0 fully saturated rings. The normalized spacial score (nSPS) is 10.9. The van der Waals surface area contributed by atoms with Gasteiger partial charge < -0.3 is 10.0 Å². The van der Waals surface area contributed by atoms with E-state index in [-0.39, 0.29) is 6.42 Å². The molecule has 0 radical (unpaired) electrons. The van der Waals surface area contributed by atoms with Crippen molar-refractivity contribution in [2.75, 3.05) is 13.6 Å². The van der Waals surface area contributed by atoms with Crippen LogP contribution in [0.4, 0.5) is 0 Å². The monoisotopic (exact) mass is 291 g/mol. The standard InChI is InChI=1S/C10H14BrNO2S/c1-7-5-8(11)9(15-7)6-12(2)4-3-10(13)14/h5H,3-4,6H2,1-2H3,(H,13,14). The van der Waals surface area contributed by atoms with E-state index in [1.807, 2.05) is 11.9 Å². The molecule has 0 atom stereocenters. The summed E-state index contributed by atoms with van der Waals surface area (Å²) in [5.74, 6) is -0.747. The van der Waals surface area contributed by atoms with Crippen LogP contribution in [0.15, 0.2) is 10.5 Å². The summed E-state index contributed by atoms with van der Waals surface area (Å²) in [5, 5.41) is 8.55. The van der Waals surface area contributed by atoms with Crippen molar-refractivity contribution in [1.29, 1.82) is 0 Å². The highest BCUT2D eigenvalue weighted by atomic mass is 79.9. The van der Waals surface area contributed by atoms with Gasteiger partial charge in [-0.05, 0) is 36.0 Å². The van der Waals surface area contributed by atoms with Gasteiger partial charge in [-0.2, -0.15) is 0 Å². The fourth-order valence-electron chi connectivity index (χ4n) is 1.25. The number of carbonyl (C=O) groups is 1. The van der Waals surface area contributed by atoms with E-state index in [1.165, 1.54) is 9.75 Å². The second-order valence-corrected chi connectivity index (χ2v) is 5.70. The Balaban J connectivity index is 2.47. The van der Waals surface area contributed by atoms with E-state index < -0.39 is 5.97 Å². The zero-order valence-electron chi connectivity index (χ0n) is 8.79. The summed E-state index contributed by atoms with van der Waals surface area (Å²) < 4.78 is 1.12. The maximum atomic E-state index is 10.4. The smallest absolute Gasteiger partial charge is 0.304 e. The van der Waals surface area contributed by atoms with Crippen molar-refractivity contribution in [2.24, 2.45) is 0 Å². The molecule has 0 aromatic carbocycles. The lowest BCUT2D eigenvalue weighted by atomic mass is 10.3. The van der Waals surface area contributed by atoms with Crippen molar-refractivity contribution < 1.29 is 9.90 Å². The van der Waals surface area contributed by atoms with Crippen LogP contribution in [0.2, 0.25) is 0 Å². The maximum Gasteiger partial charge on any atom is 0.304 e. The van der Waals surface area contributed by atoms with Crippen LogP contribution in [-0.4, -0.2) is 29.6 Å². The summed E-state index contributed by atoms with van der Waals surface area (Å²) in [6.07, 6.45) is 0.193. The van der Waals surface area contributed by atoms with Gasteiger partial charge in [-0.3, -0.25) is 4.79 Å². The van der Waals surface area contributed by atoms with Crippen molar-refractivity contribution in [2.45, 2.75) is 19.9 Å². The van der Waals surface area contributed by atoms with Gasteiger partial charge >= 0.3 is 5.97 Å². The molecule has 1 heterocycles. The number of aryl methyl sites for hydroxylation is 1. The molecule has 1 rings (SSSR count). The van der Waals surface area contributed by atoms with Gasteiger partial charge in [0, 0.05) is 27.3 Å². The van der Waals surface area contributed by atoms with E-state index in [9.17, 15) is 4.79 Å². The number of rotatable bonds is 5. The lowest BCUT2D eigenvalue weighted by molar-refractivity contribution is -0.137. The fraction of sp³-hybridized carbons (Fsp3) is 0.500. The molecule has 84 valence electrons. The van der Waals surface area contributed by atoms with E-state index >= 15 is 0 Å². The maximum absolute atomic E-state index is 10.4. The highest BCUT2D eigenvalue weighted by Crippen LogP contribution is 2.27. The third kappa shape index (κ3) is 4.32. The summed E-state index contributed by atoms with van der Waals surface area (Å²) >= 11 is 5.23. The van der Waals surface area contributed by atoms with E-state index in [1.54, 1.807) is 11.3 Å². The van der Waals surface area contributed by atoms with E-state index in [4.69, 9.17) is 5.11 Å². The number of nitrogens with zero attached hydrogens (tertiary/aromatic N) is 1. The van der Waals surface area contributed by atoms with Crippen molar-refractivity contribution in [3.8, 4) is 0 Å². The van der Waals surface area contributed by atoms with Crippen LogP contribution in [0.3, 0.4) is 0 Å². The first-order valence-corrected chi connectivity index (χ1v) is 6.25. The number of aliphatic carboxylic acids is 1. The van der Waals surface area contributed by atoms with Crippen molar-refractivity contribution in [3.63, 3.8) is 0 Å². The minimum atomic E-state index is -0.747. The molecule has 0 spiro atoms. The molecule has 1 N–H and O–H groups in total. The largest absolute Gasteiger partial charge is 0.481 e. The molecule has 0 aliphatic rings. The third-order valence-corrected chi connectivity index (χ3v) is 4.01. The molecule has 1 aromatic heterocycles. The molecule has 15 heavy (non-hydrogen) atoms. The molecule has 0 saturated heterocycles. The van der Waals surface area contributed by atoms with Gasteiger partial charge in [-0.15, -0.1) is 11.3 Å². The highest BCUT2D eigenvalue weighted by Gasteiger charge is 2.08. The number of thiophene rings is 1. The van der Waals surface area contributed by atoms with Crippen LogP contribution in [0, 0.1) is 6.92 Å². The van der Waals surface area contributed by atoms with E-state index in [2.05, 4.69) is 28.9 Å². The van der Waals surface area contributed by atoms with Gasteiger partial charge in [-0.25, -0.2) is 0 Å². The van der Waals surface area contributed by atoms with Crippen molar-refractivity contribution >= 4 is 33.2 Å². The minimum Gasteiger partial charge on any atom is -0.481 e. The quantitative estimate of drug-likeness (QED) is 0.907. The first-order chi connectivity index (χ1) is 6.99. The van der Waals surface area contributed by atoms with E-state index in [0.717, 1.165) is 11.0 Å². The Morgan fingerprint density at radius 1 is 1.67 bits per heavy atom. The fourth-order valence-corrected chi connectivity index (χ4v) is 3.12. The molecular formula is C10H14BrNO2S. The average molecular weight is 292 g/mol. The second-order valence-electron chi connectivity index (χ2n) is 3.51. The number of halogens is 1. The van der Waals surface area contributed by atoms with Gasteiger partial charge in [0.2, 0.25) is 0 Å². The molecule has 5 heteroatoms. The Morgan fingerprint density at radius 3 is 2.80 bits per heavy atom. The predicted molar refractivity (Wildman–Crippen MR) is 65.3 cm³/mol. The third-order valence-electron chi connectivity index (χ3n) is 2.00. The Hall–Kier alpha value is -0.390. The molecule has 0 amide bonds. The molecule has 3 nitrogen and oxygen atoms in total. The SMILES string of the molecule is Cc1cc(Br)c(CN(C)CCC(=O)O)s1. The molecular weight excluding hydrogens is 278 g/mol. The molecule has 1 aromatic rings. The lowest BCUT2D eigenvalue weighted by Crippen LogP contribution is -2.20. The Bertz CT molecular complexity index is 351. The summed E-state index contributed by atoms with van der Waals surface area (Å²) in [4.78, 5) is 14.9. The Morgan fingerprint density at radius 2 is 2.33 bits per heavy atom. The number of carboxylic acids is 1. The van der Waals surface area contributed by atoms with Gasteiger partial charge in [0.1, 0.15) is 0 Å². The van der Waals surface area contributed by atoms with Crippen LogP contribution in [0.5, 0.6) is 0 Å².